The van der Waals surface area contributed by atoms with Gasteiger partial charge in [0.05, 0.1) is 5.01 Å². The van der Waals surface area contributed by atoms with Gasteiger partial charge in [-0.05, 0) is 24.6 Å². The van der Waals surface area contributed by atoms with E-state index in [0.717, 1.165) is 11.3 Å². The first-order chi connectivity index (χ1) is 8.56. The molecule has 0 saturated heterocycles. The first kappa shape index (κ1) is 12.5. The van der Waals surface area contributed by atoms with E-state index in [9.17, 15) is 9.18 Å². The molecule has 0 atom stereocenters. The van der Waals surface area contributed by atoms with Gasteiger partial charge in [0.15, 0.2) is 4.88 Å². The third-order valence-corrected chi connectivity index (χ3v) is 3.10. The summed E-state index contributed by atoms with van der Waals surface area (Å²) in [5.74, 6) is -1.35. The van der Waals surface area contributed by atoms with Gasteiger partial charge in [-0.25, -0.2) is 14.2 Å². The molecule has 0 radical (unpaired) electrons. The Labute approximate surface area is 107 Å². The maximum absolute atomic E-state index is 12.9. The molecule has 0 spiro atoms. The zero-order chi connectivity index (χ0) is 13.1. The highest BCUT2D eigenvalue weighted by molar-refractivity contribution is 7.13. The van der Waals surface area contributed by atoms with E-state index in [1.165, 1.54) is 12.1 Å². The fourth-order valence-corrected chi connectivity index (χ4v) is 2.12. The summed E-state index contributed by atoms with van der Waals surface area (Å²) in [6, 6.07) is 5.93. The summed E-state index contributed by atoms with van der Waals surface area (Å²) in [5.41, 5.74) is 0.622. The molecule has 0 saturated carbocycles. The first-order valence-corrected chi connectivity index (χ1v) is 5.96. The van der Waals surface area contributed by atoms with E-state index >= 15 is 0 Å². The fourth-order valence-electron chi connectivity index (χ4n) is 1.42. The highest BCUT2D eigenvalue weighted by Crippen LogP contribution is 2.25. The number of rotatable bonds is 4. The van der Waals surface area contributed by atoms with E-state index in [-0.39, 0.29) is 23.2 Å². The van der Waals surface area contributed by atoms with Crippen LogP contribution in [-0.4, -0.2) is 16.1 Å². The summed E-state index contributed by atoms with van der Waals surface area (Å²) in [5, 5.41) is 9.56. The molecule has 94 valence electrons. The molecule has 0 unspecified atom stereocenters. The van der Waals surface area contributed by atoms with Crippen LogP contribution in [0.4, 0.5) is 4.39 Å². The van der Waals surface area contributed by atoms with Crippen LogP contribution in [0, 0.1) is 12.7 Å². The van der Waals surface area contributed by atoms with Gasteiger partial charge in [-0.3, -0.25) is 0 Å². The predicted molar refractivity (Wildman–Crippen MR) is 64.5 cm³/mol. The Morgan fingerprint density at radius 1 is 1.56 bits per heavy atom. The van der Waals surface area contributed by atoms with Gasteiger partial charge < -0.3 is 9.84 Å². The quantitative estimate of drug-likeness (QED) is 0.925. The molecule has 0 fully saturated rings. The molecule has 0 aliphatic carbocycles. The van der Waals surface area contributed by atoms with Crippen LogP contribution < -0.4 is 4.74 Å². The maximum Gasteiger partial charge on any atom is 0.351 e. The van der Waals surface area contributed by atoms with E-state index in [2.05, 4.69) is 4.98 Å². The third kappa shape index (κ3) is 2.84. The summed E-state index contributed by atoms with van der Waals surface area (Å²) in [7, 11) is 0. The highest BCUT2D eigenvalue weighted by Gasteiger charge is 2.17. The number of ether oxygens (including phenoxy) is 1. The Hall–Kier alpha value is -1.95. The van der Waals surface area contributed by atoms with E-state index in [1.807, 2.05) is 0 Å². The second-order valence-electron chi connectivity index (χ2n) is 3.59. The highest BCUT2D eigenvalue weighted by atomic mass is 32.1. The Kier molecular flexibility index (Phi) is 3.57. The van der Waals surface area contributed by atoms with Crippen molar-refractivity contribution in [3.8, 4) is 5.88 Å². The van der Waals surface area contributed by atoms with Crippen molar-refractivity contribution in [3.05, 3.63) is 45.5 Å². The van der Waals surface area contributed by atoms with Crippen molar-refractivity contribution >= 4 is 17.3 Å². The normalized spacial score (nSPS) is 10.3. The van der Waals surface area contributed by atoms with Crippen molar-refractivity contribution in [2.75, 3.05) is 0 Å². The first-order valence-electron chi connectivity index (χ1n) is 5.14. The number of nitrogens with zero attached hydrogens (tertiary/aromatic N) is 1. The minimum Gasteiger partial charge on any atom is -0.477 e. The summed E-state index contributed by atoms with van der Waals surface area (Å²) in [4.78, 5) is 15.0. The Morgan fingerprint density at radius 3 is 3.00 bits per heavy atom. The van der Waals surface area contributed by atoms with E-state index in [1.54, 1.807) is 19.1 Å². The molecular formula is C12H10FNO3S. The van der Waals surface area contributed by atoms with E-state index < -0.39 is 5.97 Å². The van der Waals surface area contributed by atoms with Gasteiger partial charge in [0, 0.05) is 0 Å². The zero-order valence-corrected chi connectivity index (χ0v) is 10.3. The van der Waals surface area contributed by atoms with Gasteiger partial charge in [-0.2, -0.15) is 0 Å². The molecule has 2 aromatic rings. The molecule has 0 amide bonds. The van der Waals surface area contributed by atoms with Crippen LogP contribution in [0.25, 0.3) is 0 Å². The molecule has 6 heteroatoms. The number of carboxylic acids is 1. The van der Waals surface area contributed by atoms with Crippen LogP contribution in [0.2, 0.25) is 0 Å². The molecule has 1 heterocycles. The minimum absolute atomic E-state index is 0.0592. The van der Waals surface area contributed by atoms with Crippen LogP contribution >= 0.6 is 11.3 Å². The monoisotopic (exact) mass is 267 g/mol. The van der Waals surface area contributed by atoms with Crippen LogP contribution in [0.3, 0.4) is 0 Å². The number of halogens is 1. The van der Waals surface area contributed by atoms with Gasteiger partial charge in [0.25, 0.3) is 0 Å². The molecule has 0 bridgehead atoms. The zero-order valence-electron chi connectivity index (χ0n) is 9.51. The van der Waals surface area contributed by atoms with Crippen LogP contribution in [0.15, 0.2) is 24.3 Å². The van der Waals surface area contributed by atoms with Gasteiger partial charge in [0.1, 0.15) is 12.4 Å². The van der Waals surface area contributed by atoms with Crippen LogP contribution in [0.5, 0.6) is 5.88 Å². The molecular weight excluding hydrogens is 257 g/mol. The summed E-state index contributed by atoms with van der Waals surface area (Å²) >= 11 is 1.05. The number of hydrogen-bond acceptors (Lipinski definition) is 4. The second kappa shape index (κ2) is 5.14. The number of thiazole rings is 1. The number of hydrogen-bond donors (Lipinski definition) is 1. The van der Waals surface area contributed by atoms with Crippen LogP contribution in [-0.2, 0) is 6.61 Å². The van der Waals surface area contributed by atoms with E-state index in [4.69, 9.17) is 9.84 Å². The van der Waals surface area contributed by atoms with Gasteiger partial charge in [-0.15, -0.1) is 11.3 Å². The fraction of sp³-hybridized carbons (Fsp3) is 0.167. The van der Waals surface area contributed by atoms with Gasteiger partial charge in [0.2, 0.25) is 5.88 Å². The largest absolute Gasteiger partial charge is 0.477 e. The lowest BCUT2D eigenvalue weighted by Gasteiger charge is -2.04. The lowest BCUT2D eigenvalue weighted by atomic mass is 10.2. The SMILES string of the molecule is Cc1nc(OCc2cccc(F)c2)c(C(=O)O)s1. The molecule has 1 aromatic carbocycles. The summed E-state index contributed by atoms with van der Waals surface area (Å²) in [6.07, 6.45) is 0. The number of aromatic nitrogens is 1. The number of benzene rings is 1. The number of carbonyl (C=O) groups is 1. The van der Waals surface area contributed by atoms with Crippen molar-refractivity contribution in [1.82, 2.24) is 4.98 Å². The maximum atomic E-state index is 12.9. The van der Waals surface area contributed by atoms with Gasteiger partial charge in [-0.1, -0.05) is 12.1 Å². The Morgan fingerprint density at radius 2 is 2.33 bits per heavy atom. The molecule has 18 heavy (non-hydrogen) atoms. The number of carboxylic acid groups (broad SMARTS) is 1. The minimum atomic E-state index is -1.07. The van der Waals surface area contributed by atoms with Gasteiger partial charge >= 0.3 is 5.97 Å². The van der Waals surface area contributed by atoms with Crippen molar-refractivity contribution in [2.24, 2.45) is 0 Å². The predicted octanol–water partition coefficient (Wildman–Crippen LogP) is 2.87. The lowest BCUT2D eigenvalue weighted by molar-refractivity contribution is 0.0697. The molecule has 1 aromatic heterocycles. The van der Waals surface area contributed by atoms with E-state index in [0.29, 0.717) is 10.6 Å². The smallest absolute Gasteiger partial charge is 0.351 e. The lowest BCUT2D eigenvalue weighted by Crippen LogP contribution is -2.01. The third-order valence-electron chi connectivity index (χ3n) is 2.16. The van der Waals surface area contributed by atoms with Crippen LogP contribution in [0.1, 0.15) is 20.2 Å². The molecule has 1 N–H and O–H groups in total. The second-order valence-corrected chi connectivity index (χ2v) is 4.79. The van der Waals surface area contributed by atoms with Crippen molar-refractivity contribution in [1.29, 1.82) is 0 Å². The number of aromatic carboxylic acids is 1. The standard InChI is InChI=1S/C12H10FNO3S/c1-7-14-11(10(18-7)12(15)16)17-6-8-3-2-4-9(13)5-8/h2-5H,6H2,1H3,(H,15,16). The summed E-state index contributed by atoms with van der Waals surface area (Å²) in [6.45, 7) is 1.79. The Bertz CT molecular complexity index is 582. The molecule has 4 nitrogen and oxygen atoms in total. The molecule has 0 aliphatic heterocycles. The number of aryl methyl sites for hydroxylation is 1. The average Bonchev–Trinajstić information content (AvgIpc) is 2.68. The molecule has 2 rings (SSSR count). The molecule has 0 aliphatic rings. The van der Waals surface area contributed by atoms with Crippen molar-refractivity contribution < 1.29 is 19.0 Å². The van der Waals surface area contributed by atoms with Crippen molar-refractivity contribution in [3.63, 3.8) is 0 Å². The summed E-state index contributed by atoms with van der Waals surface area (Å²) < 4.78 is 18.3. The topological polar surface area (TPSA) is 59.4 Å². The average molecular weight is 267 g/mol. The Balaban J connectivity index is 2.13. The van der Waals surface area contributed by atoms with Crippen molar-refractivity contribution in [2.45, 2.75) is 13.5 Å².